The normalized spacial score (nSPS) is 10.5. The molecule has 0 aliphatic heterocycles. The van der Waals surface area contributed by atoms with Crippen LogP contribution in [0.25, 0.3) is 0 Å². The quantitative estimate of drug-likeness (QED) is 0.892. The van der Waals surface area contributed by atoms with Crippen molar-refractivity contribution in [3.63, 3.8) is 0 Å². The molecule has 0 unspecified atom stereocenters. The van der Waals surface area contributed by atoms with E-state index in [4.69, 9.17) is 21.1 Å². The second kappa shape index (κ2) is 5.36. The SMILES string of the molecule is Cc1ccc(NCc2cc(C)c(C(=O)O)o2)cc1Cl. The van der Waals surface area contributed by atoms with Crippen LogP contribution in [0.5, 0.6) is 0 Å². The van der Waals surface area contributed by atoms with Crippen LogP contribution in [-0.2, 0) is 6.54 Å². The van der Waals surface area contributed by atoms with Gasteiger partial charge in [0.05, 0.1) is 6.54 Å². The zero-order valence-electron chi connectivity index (χ0n) is 10.7. The first-order valence-electron chi connectivity index (χ1n) is 5.80. The van der Waals surface area contributed by atoms with E-state index in [9.17, 15) is 4.79 Å². The van der Waals surface area contributed by atoms with Crippen molar-refractivity contribution in [3.8, 4) is 0 Å². The van der Waals surface area contributed by atoms with E-state index >= 15 is 0 Å². The summed E-state index contributed by atoms with van der Waals surface area (Å²) in [5.41, 5.74) is 2.49. The molecule has 2 aromatic rings. The minimum atomic E-state index is -1.05. The number of anilines is 1. The Labute approximate surface area is 116 Å². The standard InChI is InChI=1S/C14H14ClNO3/c1-8-3-4-10(6-12(8)15)16-7-11-5-9(2)13(19-11)14(17)18/h3-6,16H,7H2,1-2H3,(H,17,18). The molecule has 0 atom stereocenters. The Morgan fingerprint density at radius 1 is 1.32 bits per heavy atom. The summed E-state index contributed by atoms with van der Waals surface area (Å²) in [6.07, 6.45) is 0. The van der Waals surface area contributed by atoms with Gasteiger partial charge in [-0.25, -0.2) is 4.79 Å². The number of benzene rings is 1. The van der Waals surface area contributed by atoms with E-state index in [2.05, 4.69) is 5.32 Å². The van der Waals surface area contributed by atoms with Crippen molar-refractivity contribution in [3.05, 3.63) is 51.9 Å². The van der Waals surface area contributed by atoms with E-state index in [1.807, 2.05) is 25.1 Å². The van der Waals surface area contributed by atoms with Crippen LogP contribution < -0.4 is 5.32 Å². The van der Waals surface area contributed by atoms with Gasteiger partial charge < -0.3 is 14.8 Å². The number of aryl methyl sites for hydroxylation is 2. The molecule has 0 amide bonds. The monoisotopic (exact) mass is 279 g/mol. The number of hydrogen-bond donors (Lipinski definition) is 2. The lowest BCUT2D eigenvalue weighted by Gasteiger charge is -2.06. The van der Waals surface area contributed by atoms with Crippen LogP contribution in [0.2, 0.25) is 5.02 Å². The third-order valence-corrected chi connectivity index (χ3v) is 3.21. The molecular weight excluding hydrogens is 266 g/mol. The molecule has 1 aromatic heterocycles. The van der Waals surface area contributed by atoms with Crippen LogP contribution in [0, 0.1) is 13.8 Å². The molecule has 1 aromatic carbocycles. The Morgan fingerprint density at radius 2 is 2.05 bits per heavy atom. The third kappa shape index (κ3) is 3.09. The van der Waals surface area contributed by atoms with Crippen molar-refractivity contribution in [2.24, 2.45) is 0 Å². The molecule has 0 aliphatic rings. The fourth-order valence-electron chi connectivity index (χ4n) is 1.74. The molecule has 0 aliphatic carbocycles. The molecule has 5 heteroatoms. The number of furan rings is 1. The highest BCUT2D eigenvalue weighted by atomic mass is 35.5. The maximum atomic E-state index is 10.9. The maximum Gasteiger partial charge on any atom is 0.372 e. The average molecular weight is 280 g/mol. The Kier molecular flexibility index (Phi) is 3.81. The van der Waals surface area contributed by atoms with Crippen molar-refractivity contribution < 1.29 is 14.3 Å². The van der Waals surface area contributed by atoms with E-state index in [1.165, 1.54) is 0 Å². The topological polar surface area (TPSA) is 62.5 Å². The highest BCUT2D eigenvalue weighted by molar-refractivity contribution is 6.31. The Hall–Kier alpha value is -1.94. The van der Waals surface area contributed by atoms with Gasteiger partial charge in [0.25, 0.3) is 0 Å². The Morgan fingerprint density at radius 3 is 2.63 bits per heavy atom. The third-order valence-electron chi connectivity index (χ3n) is 2.80. The number of hydrogen-bond acceptors (Lipinski definition) is 3. The van der Waals surface area contributed by atoms with Gasteiger partial charge in [-0.3, -0.25) is 0 Å². The molecule has 1 heterocycles. The van der Waals surface area contributed by atoms with Crippen molar-refractivity contribution in [1.82, 2.24) is 0 Å². The van der Waals surface area contributed by atoms with Crippen molar-refractivity contribution in [1.29, 1.82) is 0 Å². The van der Waals surface area contributed by atoms with Gasteiger partial charge >= 0.3 is 5.97 Å². The number of rotatable bonds is 4. The summed E-state index contributed by atoms with van der Waals surface area (Å²) >= 11 is 6.03. The molecule has 0 saturated carbocycles. The Balaban J connectivity index is 2.08. The number of carboxylic acids is 1. The van der Waals surface area contributed by atoms with Gasteiger partial charge in [0.2, 0.25) is 5.76 Å². The van der Waals surface area contributed by atoms with Crippen LogP contribution in [0.4, 0.5) is 5.69 Å². The van der Waals surface area contributed by atoms with Crippen LogP contribution in [0.1, 0.15) is 27.4 Å². The molecule has 2 rings (SSSR count). The lowest BCUT2D eigenvalue weighted by Crippen LogP contribution is -1.98. The van der Waals surface area contributed by atoms with Gasteiger partial charge in [0.15, 0.2) is 0 Å². The number of nitrogens with one attached hydrogen (secondary N) is 1. The van der Waals surface area contributed by atoms with Crippen molar-refractivity contribution in [2.75, 3.05) is 5.32 Å². The molecule has 0 spiro atoms. The summed E-state index contributed by atoms with van der Waals surface area (Å²) in [6, 6.07) is 7.37. The number of carboxylic acid groups (broad SMARTS) is 1. The maximum absolute atomic E-state index is 10.9. The summed E-state index contributed by atoms with van der Waals surface area (Å²) in [4.78, 5) is 10.9. The summed E-state index contributed by atoms with van der Waals surface area (Å²) in [5, 5.41) is 12.7. The van der Waals surface area contributed by atoms with Gasteiger partial charge in [-0.05, 0) is 37.6 Å². The van der Waals surface area contributed by atoms with Gasteiger partial charge in [-0.15, -0.1) is 0 Å². The van der Waals surface area contributed by atoms with Gasteiger partial charge in [0, 0.05) is 16.3 Å². The van der Waals surface area contributed by atoms with E-state index in [-0.39, 0.29) is 5.76 Å². The number of aromatic carboxylic acids is 1. The molecule has 4 nitrogen and oxygen atoms in total. The van der Waals surface area contributed by atoms with Crippen molar-refractivity contribution in [2.45, 2.75) is 20.4 Å². The average Bonchev–Trinajstić information content (AvgIpc) is 2.72. The van der Waals surface area contributed by atoms with Gasteiger partial charge in [-0.1, -0.05) is 17.7 Å². The molecular formula is C14H14ClNO3. The van der Waals surface area contributed by atoms with Crippen LogP contribution in [0.15, 0.2) is 28.7 Å². The lowest BCUT2D eigenvalue weighted by molar-refractivity contribution is 0.0659. The largest absolute Gasteiger partial charge is 0.475 e. The minimum absolute atomic E-state index is 0.0151. The second-order valence-corrected chi connectivity index (χ2v) is 4.75. The first-order chi connectivity index (χ1) is 8.97. The summed E-state index contributed by atoms with van der Waals surface area (Å²) in [7, 11) is 0. The molecule has 0 fully saturated rings. The highest BCUT2D eigenvalue weighted by Crippen LogP contribution is 2.21. The first kappa shape index (κ1) is 13.5. The van der Waals surface area contributed by atoms with Crippen molar-refractivity contribution >= 4 is 23.3 Å². The van der Waals surface area contributed by atoms with E-state index in [0.29, 0.717) is 22.9 Å². The number of carbonyl (C=O) groups is 1. The van der Waals surface area contributed by atoms with Crippen LogP contribution in [-0.4, -0.2) is 11.1 Å². The molecule has 0 saturated heterocycles. The minimum Gasteiger partial charge on any atom is -0.475 e. The predicted octanol–water partition coefficient (Wildman–Crippen LogP) is 3.86. The molecule has 2 N–H and O–H groups in total. The molecule has 0 bridgehead atoms. The van der Waals surface area contributed by atoms with E-state index in [0.717, 1.165) is 11.3 Å². The summed E-state index contributed by atoms with van der Waals surface area (Å²) < 4.78 is 5.26. The molecule has 0 radical (unpaired) electrons. The highest BCUT2D eigenvalue weighted by Gasteiger charge is 2.13. The summed E-state index contributed by atoms with van der Waals surface area (Å²) in [6.45, 7) is 4.05. The van der Waals surface area contributed by atoms with E-state index < -0.39 is 5.97 Å². The first-order valence-corrected chi connectivity index (χ1v) is 6.18. The zero-order chi connectivity index (χ0) is 14.0. The fraction of sp³-hybridized carbons (Fsp3) is 0.214. The predicted molar refractivity (Wildman–Crippen MR) is 73.9 cm³/mol. The summed E-state index contributed by atoms with van der Waals surface area (Å²) in [5.74, 6) is -0.493. The fourth-order valence-corrected chi connectivity index (χ4v) is 1.92. The van der Waals surface area contributed by atoms with E-state index in [1.54, 1.807) is 13.0 Å². The zero-order valence-corrected chi connectivity index (χ0v) is 11.4. The smallest absolute Gasteiger partial charge is 0.372 e. The Bertz CT molecular complexity index is 619. The van der Waals surface area contributed by atoms with Gasteiger partial charge in [-0.2, -0.15) is 0 Å². The van der Waals surface area contributed by atoms with Crippen LogP contribution in [0.3, 0.4) is 0 Å². The second-order valence-electron chi connectivity index (χ2n) is 4.35. The van der Waals surface area contributed by atoms with Gasteiger partial charge in [0.1, 0.15) is 5.76 Å². The van der Waals surface area contributed by atoms with Crippen LogP contribution >= 0.6 is 11.6 Å². The molecule has 19 heavy (non-hydrogen) atoms. The molecule has 100 valence electrons. The lowest BCUT2D eigenvalue weighted by atomic mass is 10.2. The number of halogens is 1.